The van der Waals surface area contributed by atoms with Crippen molar-refractivity contribution in [1.82, 2.24) is 5.32 Å². The van der Waals surface area contributed by atoms with Crippen molar-refractivity contribution in [2.24, 2.45) is 0 Å². The summed E-state index contributed by atoms with van der Waals surface area (Å²) in [7, 11) is 0. The Hall–Kier alpha value is -1.11. The fraction of sp³-hybridized carbons (Fsp3) is 0.300. The molecule has 0 aromatic carbocycles. The van der Waals surface area contributed by atoms with E-state index in [9.17, 15) is 4.79 Å². The van der Waals surface area contributed by atoms with E-state index in [-0.39, 0.29) is 13.2 Å². The zero-order chi connectivity index (χ0) is 12.0. The van der Waals surface area contributed by atoms with Gasteiger partial charge in [-0.3, -0.25) is 4.79 Å². The molecule has 0 saturated heterocycles. The van der Waals surface area contributed by atoms with Crippen LogP contribution in [0.3, 0.4) is 0 Å². The molecule has 0 unspecified atom stereocenters. The zero-order valence-corrected chi connectivity index (χ0v) is 9.98. The summed E-state index contributed by atoms with van der Waals surface area (Å²) in [5, 5.41) is 19.9. The Morgan fingerprint density at radius 1 is 1.50 bits per heavy atom. The van der Waals surface area contributed by atoms with Gasteiger partial charge < -0.3 is 19.9 Å². The van der Waals surface area contributed by atoms with Gasteiger partial charge in [-0.2, -0.15) is 0 Å². The van der Waals surface area contributed by atoms with E-state index < -0.39 is 11.9 Å². The van der Waals surface area contributed by atoms with Crippen LogP contribution >= 0.6 is 15.9 Å². The van der Waals surface area contributed by atoms with Gasteiger partial charge in [0, 0.05) is 6.08 Å². The van der Waals surface area contributed by atoms with E-state index >= 15 is 0 Å². The minimum Gasteiger partial charge on any atom is -0.450 e. The topological polar surface area (TPSA) is 82.7 Å². The Balaban J connectivity index is 2.48. The summed E-state index contributed by atoms with van der Waals surface area (Å²) in [6.07, 6.45) is 2.76. The molecule has 1 aromatic heterocycles. The van der Waals surface area contributed by atoms with Crippen LogP contribution in [0.4, 0.5) is 0 Å². The third kappa shape index (κ3) is 4.18. The number of aliphatic hydroxyl groups excluding tert-OH is 2. The Labute approximate surface area is 101 Å². The van der Waals surface area contributed by atoms with Gasteiger partial charge >= 0.3 is 0 Å². The third-order valence-electron chi connectivity index (χ3n) is 1.78. The van der Waals surface area contributed by atoms with E-state index in [4.69, 9.17) is 14.6 Å². The molecule has 0 aliphatic heterocycles. The first kappa shape index (κ1) is 13.0. The molecule has 0 spiro atoms. The lowest BCUT2D eigenvalue weighted by Crippen LogP contribution is -2.39. The molecule has 16 heavy (non-hydrogen) atoms. The Morgan fingerprint density at radius 3 is 2.69 bits per heavy atom. The van der Waals surface area contributed by atoms with Crippen molar-refractivity contribution < 1.29 is 19.4 Å². The van der Waals surface area contributed by atoms with Crippen molar-refractivity contribution in [2.45, 2.75) is 6.04 Å². The molecule has 1 rings (SSSR count). The van der Waals surface area contributed by atoms with Crippen LogP contribution in [0.5, 0.6) is 0 Å². The van der Waals surface area contributed by atoms with Crippen molar-refractivity contribution in [3.63, 3.8) is 0 Å². The average molecular weight is 290 g/mol. The SMILES string of the molecule is O=C(C=Cc1ccc(Br)o1)NC(CO)CO. The van der Waals surface area contributed by atoms with Crippen LogP contribution in [-0.4, -0.2) is 35.4 Å². The molecule has 88 valence electrons. The van der Waals surface area contributed by atoms with Crippen LogP contribution in [0.2, 0.25) is 0 Å². The Morgan fingerprint density at radius 2 is 2.19 bits per heavy atom. The van der Waals surface area contributed by atoms with Gasteiger partial charge in [-0.15, -0.1) is 0 Å². The van der Waals surface area contributed by atoms with Crippen LogP contribution in [0.1, 0.15) is 5.76 Å². The Bertz CT molecular complexity index is 371. The van der Waals surface area contributed by atoms with Gasteiger partial charge in [0.2, 0.25) is 5.91 Å². The summed E-state index contributed by atoms with van der Waals surface area (Å²) in [6, 6.07) is 2.77. The van der Waals surface area contributed by atoms with Crippen LogP contribution in [0, 0.1) is 0 Å². The monoisotopic (exact) mass is 289 g/mol. The number of amides is 1. The van der Waals surface area contributed by atoms with Gasteiger partial charge in [0.05, 0.1) is 19.3 Å². The first-order valence-electron chi connectivity index (χ1n) is 4.61. The zero-order valence-electron chi connectivity index (χ0n) is 8.39. The highest BCUT2D eigenvalue weighted by Crippen LogP contribution is 2.14. The maximum Gasteiger partial charge on any atom is 0.244 e. The lowest BCUT2D eigenvalue weighted by molar-refractivity contribution is -0.117. The van der Waals surface area contributed by atoms with E-state index in [1.807, 2.05) is 0 Å². The average Bonchev–Trinajstić information content (AvgIpc) is 2.69. The van der Waals surface area contributed by atoms with Crippen LogP contribution in [0.25, 0.3) is 6.08 Å². The van der Waals surface area contributed by atoms with Crippen LogP contribution < -0.4 is 5.32 Å². The number of carbonyl (C=O) groups is 1. The van der Waals surface area contributed by atoms with Crippen molar-refractivity contribution in [1.29, 1.82) is 0 Å². The van der Waals surface area contributed by atoms with Crippen molar-refractivity contribution in [3.05, 3.63) is 28.6 Å². The van der Waals surface area contributed by atoms with Crippen molar-refractivity contribution in [2.75, 3.05) is 13.2 Å². The van der Waals surface area contributed by atoms with Gasteiger partial charge in [-0.05, 0) is 34.1 Å². The summed E-state index contributed by atoms with van der Waals surface area (Å²) < 4.78 is 5.72. The highest BCUT2D eigenvalue weighted by Gasteiger charge is 2.07. The second kappa shape index (κ2) is 6.47. The second-order valence-corrected chi connectivity index (χ2v) is 3.83. The molecule has 6 heteroatoms. The highest BCUT2D eigenvalue weighted by atomic mass is 79.9. The molecule has 0 radical (unpaired) electrons. The first-order chi connectivity index (χ1) is 7.65. The molecule has 5 nitrogen and oxygen atoms in total. The van der Waals surface area contributed by atoms with E-state index in [0.29, 0.717) is 10.4 Å². The third-order valence-corrected chi connectivity index (χ3v) is 2.21. The van der Waals surface area contributed by atoms with E-state index in [1.165, 1.54) is 12.2 Å². The molecule has 1 amide bonds. The molecule has 0 aliphatic rings. The number of hydrogen-bond acceptors (Lipinski definition) is 4. The fourth-order valence-corrected chi connectivity index (χ4v) is 1.29. The minimum absolute atomic E-state index is 0.303. The number of rotatable bonds is 5. The second-order valence-electron chi connectivity index (χ2n) is 3.05. The quantitative estimate of drug-likeness (QED) is 0.691. The normalized spacial score (nSPS) is 11.2. The Kier molecular flexibility index (Phi) is 5.24. The lowest BCUT2D eigenvalue weighted by Gasteiger charge is -2.10. The van der Waals surface area contributed by atoms with Crippen LogP contribution in [-0.2, 0) is 4.79 Å². The number of aliphatic hydroxyl groups is 2. The summed E-state index contributed by atoms with van der Waals surface area (Å²) in [6.45, 7) is -0.606. The van der Waals surface area contributed by atoms with Gasteiger partial charge in [0.1, 0.15) is 5.76 Å². The number of furan rings is 1. The number of halogens is 1. The minimum atomic E-state index is -0.638. The van der Waals surface area contributed by atoms with Gasteiger partial charge in [-0.1, -0.05) is 0 Å². The maximum atomic E-state index is 11.3. The van der Waals surface area contributed by atoms with Gasteiger partial charge in [-0.25, -0.2) is 0 Å². The fourth-order valence-electron chi connectivity index (χ4n) is 0.974. The number of nitrogens with one attached hydrogen (secondary N) is 1. The summed E-state index contributed by atoms with van der Waals surface area (Å²) in [5.41, 5.74) is 0. The number of carbonyl (C=O) groups excluding carboxylic acids is 1. The smallest absolute Gasteiger partial charge is 0.244 e. The standard InChI is InChI=1S/C10H12BrNO4/c11-9-3-1-8(16-9)2-4-10(15)12-7(5-13)6-14/h1-4,7,13-14H,5-6H2,(H,12,15). The predicted octanol–water partition coefficient (Wildman–Crippen LogP) is 0.525. The predicted molar refractivity (Wildman–Crippen MR) is 61.5 cm³/mol. The van der Waals surface area contributed by atoms with Crippen molar-refractivity contribution >= 4 is 27.9 Å². The molecule has 3 N–H and O–H groups in total. The molecule has 0 fully saturated rings. The lowest BCUT2D eigenvalue weighted by atomic mass is 10.3. The van der Waals surface area contributed by atoms with Crippen molar-refractivity contribution in [3.8, 4) is 0 Å². The molecule has 0 atom stereocenters. The van der Waals surface area contributed by atoms with Gasteiger partial charge in [0.15, 0.2) is 4.67 Å². The molecule has 0 aliphatic carbocycles. The summed E-state index contributed by atoms with van der Waals surface area (Å²) in [5.74, 6) is 0.132. The largest absolute Gasteiger partial charge is 0.450 e. The maximum absolute atomic E-state index is 11.3. The molecule has 1 aromatic rings. The molecular weight excluding hydrogens is 278 g/mol. The van der Waals surface area contributed by atoms with E-state index in [2.05, 4.69) is 21.2 Å². The first-order valence-corrected chi connectivity index (χ1v) is 5.40. The highest BCUT2D eigenvalue weighted by molar-refractivity contribution is 9.10. The number of hydrogen-bond donors (Lipinski definition) is 3. The molecule has 0 bridgehead atoms. The molecular formula is C10H12BrNO4. The van der Waals surface area contributed by atoms with Crippen LogP contribution in [0.15, 0.2) is 27.3 Å². The molecule has 0 saturated carbocycles. The molecule has 1 heterocycles. The van der Waals surface area contributed by atoms with Gasteiger partial charge in [0.25, 0.3) is 0 Å². The van der Waals surface area contributed by atoms with E-state index in [0.717, 1.165) is 0 Å². The summed E-state index contributed by atoms with van der Waals surface area (Å²) >= 11 is 3.13. The summed E-state index contributed by atoms with van der Waals surface area (Å²) in [4.78, 5) is 11.3. The van der Waals surface area contributed by atoms with E-state index in [1.54, 1.807) is 12.1 Å².